The van der Waals surface area contributed by atoms with Crippen LogP contribution >= 0.6 is 0 Å². The first kappa shape index (κ1) is 5.59. The van der Waals surface area contributed by atoms with Crippen LogP contribution in [-0.4, -0.2) is 0 Å². The Morgan fingerprint density at radius 3 is 3.10 bits per heavy atom. The second-order valence-corrected chi connectivity index (χ2v) is 2.44. The zero-order valence-electron chi connectivity index (χ0n) is 5.67. The Balaban J connectivity index is 2.25. The van der Waals surface area contributed by atoms with Crippen molar-refractivity contribution in [2.75, 3.05) is 0 Å². The fraction of sp³-hybridized carbons (Fsp3) is 0.250. The van der Waals surface area contributed by atoms with E-state index in [0.717, 1.165) is 12.8 Å². The molecule has 0 unspecified atom stereocenters. The van der Waals surface area contributed by atoms with Crippen LogP contribution in [0.25, 0.3) is 0 Å². The molecule has 0 atom stereocenters. The molecule has 0 aromatic heterocycles. The van der Waals surface area contributed by atoms with Crippen LogP contribution in [0.5, 0.6) is 0 Å². The van der Waals surface area contributed by atoms with Crippen molar-refractivity contribution in [2.45, 2.75) is 12.8 Å². The lowest BCUT2D eigenvalue weighted by Crippen LogP contribution is -2.24. The molecule has 0 aromatic rings. The van der Waals surface area contributed by atoms with Crippen LogP contribution in [0, 0.1) is 0 Å². The van der Waals surface area contributed by atoms with Crippen LogP contribution in [0.2, 0.25) is 0 Å². The summed E-state index contributed by atoms with van der Waals surface area (Å²) < 4.78 is 0. The summed E-state index contributed by atoms with van der Waals surface area (Å²) in [4.78, 5) is 0. The molecule has 0 saturated heterocycles. The molecule has 1 N–H and O–H groups in total. The van der Waals surface area contributed by atoms with Crippen molar-refractivity contribution in [1.82, 2.24) is 10.9 Å². The minimum atomic E-state index is 1.00. The van der Waals surface area contributed by atoms with Gasteiger partial charge in [0, 0.05) is 18.3 Å². The molecule has 0 bridgehead atoms. The molecule has 0 saturated carbocycles. The van der Waals surface area contributed by atoms with Crippen molar-refractivity contribution >= 4 is 0 Å². The third kappa shape index (κ3) is 0.817. The van der Waals surface area contributed by atoms with Gasteiger partial charge in [0.15, 0.2) is 0 Å². The highest BCUT2D eigenvalue weighted by Gasteiger charge is 2.08. The molecule has 0 fully saturated rings. The smallest absolute Gasteiger partial charge is 0.0475 e. The molecule has 1 aliphatic heterocycles. The highest BCUT2D eigenvalue weighted by molar-refractivity contribution is 5.33. The van der Waals surface area contributed by atoms with Crippen LogP contribution in [0.4, 0.5) is 0 Å². The van der Waals surface area contributed by atoms with Crippen molar-refractivity contribution in [1.29, 1.82) is 0 Å². The molecule has 2 rings (SSSR count). The standard InChI is InChI=1S/C8H9N2/c1-2-4-8-7(3-1)5-6-9-10-8/h1-2,5-6,10H,3-4H2. The van der Waals surface area contributed by atoms with Crippen molar-refractivity contribution in [3.63, 3.8) is 0 Å². The van der Waals surface area contributed by atoms with E-state index in [1.54, 1.807) is 6.20 Å². The Labute approximate surface area is 60.3 Å². The second kappa shape index (κ2) is 2.21. The predicted molar refractivity (Wildman–Crippen MR) is 39.8 cm³/mol. The van der Waals surface area contributed by atoms with E-state index in [-0.39, 0.29) is 0 Å². The van der Waals surface area contributed by atoms with E-state index >= 15 is 0 Å². The Morgan fingerprint density at radius 2 is 2.20 bits per heavy atom. The fourth-order valence-electron chi connectivity index (χ4n) is 1.19. The van der Waals surface area contributed by atoms with E-state index in [1.807, 2.05) is 0 Å². The van der Waals surface area contributed by atoms with Crippen molar-refractivity contribution in [3.05, 3.63) is 35.7 Å². The zero-order valence-corrected chi connectivity index (χ0v) is 5.67. The van der Waals surface area contributed by atoms with Crippen LogP contribution in [0.1, 0.15) is 12.8 Å². The molecule has 1 radical (unpaired) electrons. The molecule has 0 amide bonds. The minimum absolute atomic E-state index is 1.00. The highest BCUT2D eigenvalue weighted by Crippen LogP contribution is 2.19. The van der Waals surface area contributed by atoms with Gasteiger partial charge in [0.1, 0.15) is 0 Å². The Hall–Kier alpha value is -1.18. The largest absolute Gasteiger partial charge is 0.282 e. The van der Waals surface area contributed by atoms with Crippen molar-refractivity contribution in [3.8, 4) is 0 Å². The lowest BCUT2D eigenvalue weighted by atomic mass is 10.0. The van der Waals surface area contributed by atoms with E-state index in [2.05, 4.69) is 29.1 Å². The summed E-state index contributed by atoms with van der Waals surface area (Å²) in [5.74, 6) is 0. The molecule has 51 valence electrons. The summed E-state index contributed by atoms with van der Waals surface area (Å²) in [5.41, 5.74) is 9.55. The Bertz CT molecular complexity index is 223. The number of hydrogen-bond acceptors (Lipinski definition) is 1. The summed E-state index contributed by atoms with van der Waals surface area (Å²) in [5, 5.41) is 0. The first-order chi connectivity index (χ1) is 4.97. The molecule has 2 heteroatoms. The van der Waals surface area contributed by atoms with Gasteiger partial charge in [-0.2, -0.15) is 5.43 Å². The lowest BCUT2D eigenvalue weighted by molar-refractivity contribution is 0.669. The summed E-state index contributed by atoms with van der Waals surface area (Å²) in [7, 11) is 0. The normalized spacial score (nSPS) is 21.6. The van der Waals surface area contributed by atoms with Crippen LogP contribution < -0.4 is 10.9 Å². The maximum atomic E-state index is 3.94. The first-order valence-electron chi connectivity index (χ1n) is 3.46. The summed E-state index contributed by atoms with van der Waals surface area (Å²) in [6.07, 6.45) is 10.3. The van der Waals surface area contributed by atoms with E-state index in [9.17, 15) is 0 Å². The molecular formula is C8H9N2. The summed E-state index contributed by atoms with van der Waals surface area (Å²) in [6.45, 7) is 0. The average Bonchev–Trinajstić information content (AvgIpc) is 2.05. The summed E-state index contributed by atoms with van der Waals surface area (Å²) in [6, 6.07) is 0. The van der Waals surface area contributed by atoms with Gasteiger partial charge in [-0.15, -0.1) is 0 Å². The first-order valence-corrected chi connectivity index (χ1v) is 3.46. The van der Waals surface area contributed by atoms with Gasteiger partial charge in [0.25, 0.3) is 0 Å². The maximum absolute atomic E-state index is 3.94. The molecular weight excluding hydrogens is 124 g/mol. The van der Waals surface area contributed by atoms with Gasteiger partial charge in [0.05, 0.1) is 0 Å². The van der Waals surface area contributed by atoms with Gasteiger partial charge in [-0.05, 0) is 18.1 Å². The molecule has 2 aliphatic rings. The van der Waals surface area contributed by atoms with Gasteiger partial charge >= 0.3 is 0 Å². The second-order valence-electron chi connectivity index (χ2n) is 2.44. The lowest BCUT2D eigenvalue weighted by Gasteiger charge is -2.17. The van der Waals surface area contributed by atoms with Gasteiger partial charge in [0.2, 0.25) is 0 Å². The van der Waals surface area contributed by atoms with E-state index in [1.165, 1.54) is 11.3 Å². The van der Waals surface area contributed by atoms with E-state index in [0.29, 0.717) is 0 Å². The van der Waals surface area contributed by atoms with E-state index < -0.39 is 0 Å². The molecule has 0 aromatic carbocycles. The molecule has 2 nitrogen and oxygen atoms in total. The van der Waals surface area contributed by atoms with Gasteiger partial charge in [-0.25, -0.2) is 0 Å². The number of nitrogens with one attached hydrogen (secondary N) is 1. The minimum Gasteiger partial charge on any atom is -0.282 e. The average molecular weight is 133 g/mol. The Morgan fingerprint density at radius 1 is 1.30 bits per heavy atom. The van der Waals surface area contributed by atoms with E-state index in [4.69, 9.17) is 0 Å². The van der Waals surface area contributed by atoms with Crippen LogP contribution in [0.15, 0.2) is 35.7 Å². The third-order valence-corrected chi connectivity index (χ3v) is 1.76. The van der Waals surface area contributed by atoms with Gasteiger partial charge < -0.3 is 0 Å². The predicted octanol–water partition coefficient (Wildman–Crippen LogP) is 1.23. The Kier molecular flexibility index (Phi) is 1.24. The molecule has 0 spiro atoms. The number of allylic oxidation sites excluding steroid dienone is 4. The maximum Gasteiger partial charge on any atom is 0.0475 e. The molecule has 1 aliphatic carbocycles. The van der Waals surface area contributed by atoms with Gasteiger partial charge in [-0.3, -0.25) is 5.43 Å². The zero-order chi connectivity index (χ0) is 6.81. The number of rotatable bonds is 0. The number of hydrogen-bond donors (Lipinski definition) is 1. The van der Waals surface area contributed by atoms with Crippen LogP contribution in [0.3, 0.4) is 0 Å². The third-order valence-electron chi connectivity index (χ3n) is 1.76. The topological polar surface area (TPSA) is 26.1 Å². The SMILES string of the molecule is C1=CCC2=C(C=C[N]N2)C1. The molecule has 1 heterocycles. The monoisotopic (exact) mass is 133 g/mol. The summed E-state index contributed by atoms with van der Waals surface area (Å²) >= 11 is 0. The van der Waals surface area contributed by atoms with Gasteiger partial charge in [-0.1, -0.05) is 12.2 Å². The fourth-order valence-corrected chi connectivity index (χ4v) is 1.19. The quantitative estimate of drug-likeness (QED) is 0.494. The van der Waals surface area contributed by atoms with Crippen molar-refractivity contribution < 1.29 is 0 Å². The van der Waals surface area contributed by atoms with Crippen molar-refractivity contribution in [2.24, 2.45) is 0 Å². The molecule has 10 heavy (non-hydrogen) atoms. The van der Waals surface area contributed by atoms with Crippen LogP contribution in [-0.2, 0) is 0 Å². The highest BCUT2D eigenvalue weighted by atomic mass is 15.4. The number of nitrogens with zero attached hydrogens (tertiary/aromatic N) is 1.